The molecule has 4 nitrogen and oxygen atoms in total. The Kier molecular flexibility index (Phi) is 5.31. The number of aromatic amines is 1. The number of nitrogens with one attached hydrogen (secondary N) is 1. The van der Waals surface area contributed by atoms with E-state index in [-0.39, 0.29) is 11.5 Å². The minimum absolute atomic E-state index is 0.112. The zero-order chi connectivity index (χ0) is 21.1. The number of nitrogens with zero attached hydrogens (tertiary/aromatic N) is 1. The topological polar surface area (TPSA) is 54.9 Å². The normalized spacial score (nSPS) is 11.1. The molecule has 1 aromatic heterocycles. The number of aromatic nitrogens is 2. The number of carbonyl (C=O) groups excluding carboxylic acids is 1. The molecule has 148 valence electrons. The summed E-state index contributed by atoms with van der Waals surface area (Å²) in [5, 5.41) is 0. The smallest absolute Gasteiger partial charge is 0.305 e. The van der Waals surface area contributed by atoms with Crippen LogP contribution in [-0.2, 0) is 0 Å². The Bertz CT molecular complexity index is 1290. The average Bonchev–Trinajstić information content (AvgIpc) is 3.16. The Labute approximate surface area is 175 Å². The molecule has 1 heterocycles. The van der Waals surface area contributed by atoms with E-state index in [0.717, 1.165) is 16.8 Å². The number of benzene rings is 3. The van der Waals surface area contributed by atoms with Crippen molar-refractivity contribution < 1.29 is 4.79 Å². The summed E-state index contributed by atoms with van der Waals surface area (Å²) < 4.78 is 1.53. The van der Waals surface area contributed by atoms with Crippen molar-refractivity contribution in [1.29, 1.82) is 0 Å². The van der Waals surface area contributed by atoms with Gasteiger partial charge < -0.3 is 4.98 Å². The van der Waals surface area contributed by atoms with E-state index in [1.165, 1.54) is 15.7 Å². The van der Waals surface area contributed by atoms with Crippen molar-refractivity contribution >= 4 is 11.9 Å². The number of aryl methyl sites for hydroxylation is 2. The quantitative estimate of drug-likeness (QED) is 0.367. The highest BCUT2D eigenvalue weighted by Crippen LogP contribution is 2.21. The molecular formula is C26H22N2O2. The molecule has 0 unspecified atom stereocenters. The molecule has 0 saturated carbocycles. The van der Waals surface area contributed by atoms with Crippen LogP contribution in [0.3, 0.4) is 0 Å². The zero-order valence-electron chi connectivity index (χ0n) is 16.9. The number of ketones is 1. The molecule has 3 aromatic carbocycles. The summed E-state index contributed by atoms with van der Waals surface area (Å²) in [6.45, 7) is 4.10. The van der Waals surface area contributed by atoms with E-state index < -0.39 is 0 Å². The largest absolute Gasteiger partial charge is 0.330 e. The van der Waals surface area contributed by atoms with Gasteiger partial charge in [-0.2, -0.15) is 0 Å². The lowest BCUT2D eigenvalue weighted by atomic mass is 10.0. The first-order valence-electron chi connectivity index (χ1n) is 9.78. The van der Waals surface area contributed by atoms with Crippen LogP contribution in [0.15, 0.2) is 89.9 Å². The number of H-pyrrole nitrogens is 1. The molecule has 0 atom stereocenters. The molecule has 4 aromatic rings. The second-order valence-electron chi connectivity index (χ2n) is 7.30. The minimum Gasteiger partial charge on any atom is -0.305 e. The molecule has 0 spiro atoms. The van der Waals surface area contributed by atoms with Gasteiger partial charge in [0.2, 0.25) is 0 Å². The molecule has 0 radical (unpaired) electrons. The first kappa shape index (κ1) is 19.4. The van der Waals surface area contributed by atoms with Crippen LogP contribution in [0.5, 0.6) is 0 Å². The molecule has 0 fully saturated rings. The third-order valence-electron chi connectivity index (χ3n) is 5.17. The lowest BCUT2D eigenvalue weighted by Gasteiger charge is -2.04. The standard InChI is InChI=1S/C26H22N2O2/c1-18-11-13-21(15-19(18)2)24-17-28(26(30)27-24)23-10-6-9-22(16-23)25(29)14-12-20-7-4-3-5-8-20/h3-17H,1-2H3,(H,27,30). The zero-order valence-corrected chi connectivity index (χ0v) is 16.9. The third kappa shape index (κ3) is 4.08. The van der Waals surface area contributed by atoms with Crippen LogP contribution in [-0.4, -0.2) is 15.3 Å². The first-order valence-corrected chi connectivity index (χ1v) is 9.78. The molecule has 4 heteroatoms. The highest BCUT2D eigenvalue weighted by Gasteiger charge is 2.10. The van der Waals surface area contributed by atoms with E-state index >= 15 is 0 Å². The predicted octanol–water partition coefficient (Wildman–Crippen LogP) is 5.35. The SMILES string of the molecule is Cc1ccc(-c2cn(-c3cccc(C(=O)C=Cc4ccccc4)c3)c(=O)[nH]2)cc1C. The van der Waals surface area contributed by atoms with Crippen molar-refractivity contribution in [2.45, 2.75) is 13.8 Å². The molecule has 1 N–H and O–H groups in total. The molecule has 0 bridgehead atoms. The van der Waals surface area contributed by atoms with Crippen molar-refractivity contribution in [2.75, 3.05) is 0 Å². The number of hydrogen-bond donors (Lipinski definition) is 1. The highest BCUT2D eigenvalue weighted by molar-refractivity contribution is 6.07. The van der Waals surface area contributed by atoms with Crippen molar-refractivity contribution in [3.8, 4) is 16.9 Å². The summed E-state index contributed by atoms with van der Waals surface area (Å²) in [4.78, 5) is 28.1. The Morgan fingerprint density at radius 1 is 0.900 bits per heavy atom. The monoisotopic (exact) mass is 394 g/mol. The maximum absolute atomic E-state index is 12.6. The van der Waals surface area contributed by atoms with Gasteiger partial charge in [-0.25, -0.2) is 4.79 Å². The van der Waals surface area contributed by atoms with Crippen molar-refractivity contribution in [3.05, 3.63) is 118 Å². The molecule has 0 amide bonds. The second kappa shape index (κ2) is 8.21. The number of allylic oxidation sites excluding steroid dienone is 1. The maximum atomic E-state index is 12.6. The van der Waals surface area contributed by atoms with Crippen LogP contribution < -0.4 is 5.69 Å². The van der Waals surface area contributed by atoms with Gasteiger partial charge in [0.25, 0.3) is 0 Å². The van der Waals surface area contributed by atoms with Gasteiger partial charge in [0.1, 0.15) is 0 Å². The van der Waals surface area contributed by atoms with Gasteiger partial charge in [-0.1, -0.05) is 60.7 Å². The summed E-state index contributed by atoms with van der Waals surface area (Å²) in [7, 11) is 0. The van der Waals surface area contributed by atoms with E-state index in [1.54, 1.807) is 36.5 Å². The van der Waals surface area contributed by atoms with Gasteiger partial charge in [-0.15, -0.1) is 0 Å². The first-order chi connectivity index (χ1) is 14.5. The summed E-state index contributed by atoms with van der Waals surface area (Å²) in [6, 6.07) is 22.8. The predicted molar refractivity (Wildman–Crippen MR) is 121 cm³/mol. The Balaban J connectivity index is 1.63. The van der Waals surface area contributed by atoms with Crippen molar-refractivity contribution in [1.82, 2.24) is 9.55 Å². The van der Waals surface area contributed by atoms with Gasteiger partial charge in [0, 0.05) is 11.8 Å². The summed E-state index contributed by atoms with van der Waals surface area (Å²) in [5.41, 5.74) is 5.95. The van der Waals surface area contributed by atoms with Gasteiger partial charge >= 0.3 is 5.69 Å². The van der Waals surface area contributed by atoms with Gasteiger partial charge in [-0.3, -0.25) is 9.36 Å². The second-order valence-corrected chi connectivity index (χ2v) is 7.30. The number of hydrogen-bond acceptors (Lipinski definition) is 2. The van der Waals surface area contributed by atoms with Crippen LogP contribution in [0.4, 0.5) is 0 Å². The van der Waals surface area contributed by atoms with Crippen LogP contribution in [0, 0.1) is 13.8 Å². The van der Waals surface area contributed by atoms with E-state index in [9.17, 15) is 9.59 Å². The third-order valence-corrected chi connectivity index (χ3v) is 5.17. The molecule has 0 aliphatic rings. The molecular weight excluding hydrogens is 372 g/mol. The van der Waals surface area contributed by atoms with E-state index in [2.05, 4.69) is 18.0 Å². The fourth-order valence-corrected chi connectivity index (χ4v) is 3.28. The van der Waals surface area contributed by atoms with E-state index in [1.807, 2.05) is 55.5 Å². The molecule has 0 aliphatic carbocycles. The number of imidazole rings is 1. The molecule has 30 heavy (non-hydrogen) atoms. The summed E-state index contributed by atoms with van der Waals surface area (Å²) >= 11 is 0. The van der Waals surface area contributed by atoms with Crippen LogP contribution in [0.2, 0.25) is 0 Å². The van der Waals surface area contributed by atoms with Crippen molar-refractivity contribution in [2.24, 2.45) is 0 Å². The van der Waals surface area contributed by atoms with Gasteiger partial charge in [-0.05, 0) is 60.4 Å². The Morgan fingerprint density at radius 3 is 2.47 bits per heavy atom. The lowest BCUT2D eigenvalue weighted by Crippen LogP contribution is -2.14. The average molecular weight is 394 g/mol. The maximum Gasteiger partial charge on any atom is 0.330 e. The molecule has 4 rings (SSSR count). The number of rotatable bonds is 5. The van der Waals surface area contributed by atoms with Crippen LogP contribution in [0.1, 0.15) is 27.0 Å². The Hall–Kier alpha value is -3.92. The molecule has 0 aliphatic heterocycles. The lowest BCUT2D eigenvalue weighted by molar-refractivity contribution is 0.104. The van der Waals surface area contributed by atoms with Crippen LogP contribution in [0.25, 0.3) is 23.0 Å². The van der Waals surface area contributed by atoms with E-state index in [4.69, 9.17) is 0 Å². The molecule has 0 saturated heterocycles. The number of carbonyl (C=O) groups is 1. The van der Waals surface area contributed by atoms with Gasteiger partial charge in [0.05, 0.1) is 11.4 Å². The summed E-state index contributed by atoms with van der Waals surface area (Å²) in [6.07, 6.45) is 5.11. The fraction of sp³-hybridized carbons (Fsp3) is 0.0769. The van der Waals surface area contributed by atoms with Crippen molar-refractivity contribution in [3.63, 3.8) is 0 Å². The Morgan fingerprint density at radius 2 is 1.70 bits per heavy atom. The van der Waals surface area contributed by atoms with Gasteiger partial charge in [0.15, 0.2) is 5.78 Å². The van der Waals surface area contributed by atoms with Crippen LogP contribution >= 0.6 is 0 Å². The fourth-order valence-electron chi connectivity index (χ4n) is 3.28. The minimum atomic E-state index is -0.243. The highest BCUT2D eigenvalue weighted by atomic mass is 16.1. The van der Waals surface area contributed by atoms with E-state index in [0.29, 0.717) is 11.3 Å². The summed E-state index contributed by atoms with van der Waals surface area (Å²) in [5.74, 6) is -0.112.